The van der Waals surface area contributed by atoms with Crippen molar-refractivity contribution in [3.63, 3.8) is 0 Å². The van der Waals surface area contributed by atoms with Crippen LogP contribution in [0.25, 0.3) is 0 Å². The van der Waals surface area contributed by atoms with Gasteiger partial charge in [0.2, 0.25) is 0 Å². The summed E-state index contributed by atoms with van der Waals surface area (Å²) >= 11 is 0. The van der Waals surface area contributed by atoms with Gasteiger partial charge in [-0.2, -0.15) is 0 Å². The Morgan fingerprint density at radius 2 is 1.88 bits per heavy atom. The van der Waals surface area contributed by atoms with E-state index in [1.165, 1.54) is 32.4 Å². The molecule has 24 heavy (non-hydrogen) atoms. The van der Waals surface area contributed by atoms with E-state index in [1.807, 2.05) is 0 Å². The maximum absolute atomic E-state index is 13.5. The molecule has 0 aliphatic carbocycles. The van der Waals surface area contributed by atoms with Crippen LogP contribution in [0.5, 0.6) is 11.5 Å². The first kappa shape index (κ1) is 17.6. The fourth-order valence-electron chi connectivity index (χ4n) is 2.10. The highest BCUT2D eigenvalue weighted by Crippen LogP contribution is 2.29. The summed E-state index contributed by atoms with van der Waals surface area (Å²) in [6, 6.07) is 10.2. The van der Waals surface area contributed by atoms with Crippen LogP contribution in [-0.4, -0.2) is 31.9 Å². The summed E-state index contributed by atoms with van der Waals surface area (Å²) in [5, 5.41) is 15.0. The highest BCUT2D eigenvalue weighted by molar-refractivity contribution is 5.89. The second-order valence-corrected chi connectivity index (χ2v) is 4.95. The topological polar surface area (TPSA) is 79.8 Å². The van der Waals surface area contributed by atoms with E-state index in [4.69, 9.17) is 9.47 Å². The molecule has 1 atom stereocenters. The second kappa shape index (κ2) is 8.16. The number of carbonyl (C=O) groups excluding carboxylic acids is 1. The third-order valence-electron chi connectivity index (χ3n) is 3.37. The lowest BCUT2D eigenvalue weighted by atomic mass is 10.1. The number of para-hydroxylation sites is 1. The number of hydrogen-bond donors (Lipinski definition) is 3. The van der Waals surface area contributed by atoms with E-state index in [9.17, 15) is 14.3 Å². The summed E-state index contributed by atoms with van der Waals surface area (Å²) in [4.78, 5) is 11.8. The highest BCUT2D eigenvalue weighted by atomic mass is 19.1. The van der Waals surface area contributed by atoms with Crippen LogP contribution >= 0.6 is 0 Å². The largest absolute Gasteiger partial charge is 0.493 e. The Kier molecular flexibility index (Phi) is 5.97. The summed E-state index contributed by atoms with van der Waals surface area (Å²) in [5.74, 6) is 0.483. The van der Waals surface area contributed by atoms with Gasteiger partial charge < -0.3 is 25.2 Å². The number of nitrogens with one attached hydrogen (secondary N) is 2. The van der Waals surface area contributed by atoms with Gasteiger partial charge in [-0.3, -0.25) is 0 Å². The van der Waals surface area contributed by atoms with E-state index < -0.39 is 18.0 Å². The van der Waals surface area contributed by atoms with Gasteiger partial charge in [0.25, 0.3) is 0 Å². The quantitative estimate of drug-likeness (QED) is 0.759. The Labute approximate surface area is 139 Å². The molecule has 0 bridgehead atoms. The molecule has 0 saturated carbocycles. The Morgan fingerprint density at radius 1 is 1.17 bits per heavy atom. The first-order valence-corrected chi connectivity index (χ1v) is 7.24. The van der Waals surface area contributed by atoms with E-state index >= 15 is 0 Å². The maximum atomic E-state index is 13.5. The predicted molar refractivity (Wildman–Crippen MR) is 87.9 cm³/mol. The van der Waals surface area contributed by atoms with Crippen LogP contribution in [0.15, 0.2) is 42.5 Å². The molecule has 0 aromatic heterocycles. The normalized spacial score (nSPS) is 11.5. The number of benzene rings is 2. The number of urea groups is 1. The number of anilines is 1. The molecule has 0 aliphatic heterocycles. The van der Waals surface area contributed by atoms with Crippen molar-refractivity contribution in [2.75, 3.05) is 26.1 Å². The van der Waals surface area contributed by atoms with E-state index in [-0.39, 0.29) is 12.2 Å². The molecule has 0 radical (unpaired) electrons. The predicted octanol–water partition coefficient (Wildman–Crippen LogP) is 2.70. The summed E-state index contributed by atoms with van der Waals surface area (Å²) in [6.45, 7) is -0.0459. The van der Waals surface area contributed by atoms with Gasteiger partial charge in [-0.1, -0.05) is 18.2 Å². The Hall–Kier alpha value is -2.80. The second-order valence-electron chi connectivity index (χ2n) is 4.95. The molecule has 0 spiro atoms. The Balaban J connectivity index is 1.94. The van der Waals surface area contributed by atoms with Crippen LogP contribution in [-0.2, 0) is 0 Å². The molecule has 2 amide bonds. The summed E-state index contributed by atoms with van der Waals surface area (Å²) in [6.07, 6.45) is -0.948. The number of aliphatic hydroxyl groups is 1. The zero-order valence-electron chi connectivity index (χ0n) is 13.4. The molecule has 3 N–H and O–H groups in total. The average molecular weight is 334 g/mol. The van der Waals surface area contributed by atoms with Gasteiger partial charge in [-0.25, -0.2) is 9.18 Å². The van der Waals surface area contributed by atoms with Gasteiger partial charge in [-0.05, 0) is 29.8 Å². The monoisotopic (exact) mass is 334 g/mol. The van der Waals surface area contributed by atoms with Crippen molar-refractivity contribution in [1.29, 1.82) is 0 Å². The van der Waals surface area contributed by atoms with Gasteiger partial charge in [0.05, 0.1) is 26.0 Å². The highest BCUT2D eigenvalue weighted by Gasteiger charge is 2.13. The fraction of sp³-hybridized carbons (Fsp3) is 0.235. The number of aliphatic hydroxyl groups excluding tert-OH is 1. The number of amides is 2. The minimum absolute atomic E-state index is 0.0459. The molecule has 2 aromatic rings. The molecule has 2 rings (SSSR count). The van der Waals surface area contributed by atoms with E-state index in [0.29, 0.717) is 17.1 Å². The third-order valence-corrected chi connectivity index (χ3v) is 3.37. The molecule has 6 nitrogen and oxygen atoms in total. The van der Waals surface area contributed by atoms with Crippen molar-refractivity contribution in [2.24, 2.45) is 0 Å². The molecule has 0 saturated heterocycles. The molecule has 2 aromatic carbocycles. The van der Waals surface area contributed by atoms with Gasteiger partial charge in [0, 0.05) is 6.54 Å². The molecule has 0 unspecified atom stereocenters. The molecule has 0 fully saturated rings. The van der Waals surface area contributed by atoms with Gasteiger partial charge in [-0.15, -0.1) is 0 Å². The van der Waals surface area contributed by atoms with E-state index in [1.54, 1.807) is 24.3 Å². The fourth-order valence-corrected chi connectivity index (χ4v) is 2.10. The van der Waals surface area contributed by atoms with Crippen molar-refractivity contribution in [3.8, 4) is 11.5 Å². The van der Waals surface area contributed by atoms with Crippen LogP contribution < -0.4 is 20.1 Å². The standard InChI is InChI=1S/C17H19FN2O4/c1-23-15-8-7-11(9-16(15)24-2)14(21)10-19-17(22)20-13-6-4-3-5-12(13)18/h3-9,14,21H,10H2,1-2H3,(H2,19,20,22)/t14-/m0/s1. The lowest BCUT2D eigenvalue weighted by Crippen LogP contribution is -2.32. The molecule has 128 valence electrons. The number of carbonyl (C=O) groups is 1. The van der Waals surface area contributed by atoms with Crippen LogP contribution in [0.1, 0.15) is 11.7 Å². The van der Waals surface area contributed by atoms with Crippen molar-refractivity contribution < 1.29 is 23.8 Å². The molecule has 0 aliphatic rings. The van der Waals surface area contributed by atoms with Crippen molar-refractivity contribution in [1.82, 2.24) is 5.32 Å². The molecular weight excluding hydrogens is 315 g/mol. The van der Waals surface area contributed by atoms with Gasteiger partial charge in [0.15, 0.2) is 11.5 Å². The number of rotatable bonds is 6. The average Bonchev–Trinajstić information content (AvgIpc) is 2.61. The van der Waals surface area contributed by atoms with Crippen LogP contribution in [0.3, 0.4) is 0 Å². The van der Waals surface area contributed by atoms with Crippen molar-refractivity contribution in [3.05, 3.63) is 53.8 Å². The maximum Gasteiger partial charge on any atom is 0.319 e. The van der Waals surface area contributed by atoms with Gasteiger partial charge in [0.1, 0.15) is 5.82 Å². The van der Waals surface area contributed by atoms with Crippen LogP contribution in [0.4, 0.5) is 14.9 Å². The summed E-state index contributed by atoms with van der Waals surface area (Å²) in [5.41, 5.74) is 0.620. The van der Waals surface area contributed by atoms with E-state index in [2.05, 4.69) is 10.6 Å². The van der Waals surface area contributed by atoms with Crippen molar-refractivity contribution >= 4 is 11.7 Å². The lowest BCUT2D eigenvalue weighted by molar-refractivity contribution is 0.174. The molecular formula is C17H19FN2O4. The summed E-state index contributed by atoms with van der Waals surface area (Å²) in [7, 11) is 3.01. The molecule has 0 heterocycles. The minimum Gasteiger partial charge on any atom is -0.493 e. The number of methoxy groups -OCH3 is 2. The van der Waals surface area contributed by atoms with Crippen LogP contribution in [0.2, 0.25) is 0 Å². The number of ether oxygens (including phenoxy) is 2. The zero-order valence-corrected chi connectivity index (χ0v) is 13.4. The molecule has 7 heteroatoms. The van der Waals surface area contributed by atoms with Gasteiger partial charge >= 0.3 is 6.03 Å². The summed E-state index contributed by atoms with van der Waals surface area (Å²) < 4.78 is 23.7. The van der Waals surface area contributed by atoms with E-state index in [0.717, 1.165) is 0 Å². The Bertz CT molecular complexity index is 709. The number of halogens is 1. The van der Waals surface area contributed by atoms with Crippen molar-refractivity contribution in [2.45, 2.75) is 6.10 Å². The minimum atomic E-state index is -0.948. The number of hydrogen-bond acceptors (Lipinski definition) is 4. The smallest absolute Gasteiger partial charge is 0.319 e. The first-order chi connectivity index (χ1) is 11.5. The Morgan fingerprint density at radius 3 is 2.54 bits per heavy atom. The van der Waals surface area contributed by atoms with Crippen LogP contribution in [0, 0.1) is 5.82 Å². The first-order valence-electron chi connectivity index (χ1n) is 7.24. The SMILES string of the molecule is COc1ccc([C@@H](O)CNC(=O)Nc2ccccc2F)cc1OC. The zero-order chi connectivity index (χ0) is 17.5. The third kappa shape index (κ3) is 4.36. The lowest BCUT2D eigenvalue weighted by Gasteiger charge is -2.15.